The van der Waals surface area contributed by atoms with Gasteiger partial charge in [0.15, 0.2) is 0 Å². The Morgan fingerprint density at radius 1 is 1.31 bits per heavy atom. The molecule has 0 aromatic carbocycles. The number of alkyl carbamates (subject to hydrolysis) is 1. The minimum atomic E-state index is -1.10. The van der Waals surface area contributed by atoms with Crippen LogP contribution in [0.1, 0.15) is 27.2 Å². The fourth-order valence-electron chi connectivity index (χ4n) is 1.01. The number of hydrogen-bond donors (Lipinski definition) is 1. The van der Waals surface area contributed by atoms with E-state index in [-0.39, 0.29) is 6.09 Å². The molecule has 0 spiro atoms. The summed E-state index contributed by atoms with van der Waals surface area (Å²) < 4.78 is 5.12. The number of hydrogen-bond acceptors (Lipinski definition) is 2. The largest absolute Gasteiger partial charge is 0.444 e. The fourth-order valence-corrected chi connectivity index (χ4v) is 1.88. The van der Waals surface area contributed by atoms with Crippen molar-refractivity contribution in [3.8, 4) is 0 Å². The predicted octanol–water partition coefficient (Wildman–Crippen LogP) is 3.33. The second-order valence-electron chi connectivity index (χ2n) is 5.99. The lowest BCUT2D eigenvalue weighted by atomic mass is 10.2. The van der Waals surface area contributed by atoms with E-state index in [1.165, 1.54) is 0 Å². The first kappa shape index (κ1) is 15.2. The van der Waals surface area contributed by atoms with Crippen molar-refractivity contribution in [1.29, 1.82) is 0 Å². The van der Waals surface area contributed by atoms with Crippen LogP contribution in [0, 0.1) is 0 Å². The highest BCUT2D eigenvalue weighted by Crippen LogP contribution is 2.06. The lowest BCUT2D eigenvalue weighted by Gasteiger charge is -2.19. The first-order chi connectivity index (χ1) is 7.10. The molecule has 0 saturated carbocycles. The molecule has 0 fully saturated rings. The van der Waals surface area contributed by atoms with E-state index in [0.29, 0.717) is 6.54 Å². The maximum atomic E-state index is 11.3. The summed E-state index contributed by atoms with van der Waals surface area (Å²) in [7, 11) is -1.10. The van der Waals surface area contributed by atoms with Crippen LogP contribution >= 0.6 is 0 Å². The van der Waals surface area contributed by atoms with Crippen molar-refractivity contribution in [2.45, 2.75) is 52.4 Å². The minimum absolute atomic E-state index is 0.339. The standard InChI is InChI=1S/C12H25NO2Si/c1-12(2,3)15-11(14)13-9-7-8-10-16(4,5)6/h8,10H,7,9H2,1-6H3,(H,13,14)/b10-8+. The van der Waals surface area contributed by atoms with E-state index in [0.717, 1.165) is 6.42 Å². The Morgan fingerprint density at radius 3 is 2.31 bits per heavy atom. The quantitative estimate of drug-likeness (QED) is 0.607. The van der Waals surface area contributed by atoms with Gasteiger partial charge in [0.25, 0.3) is 0 Å². The van der Waals surface area contributed by atoms with Gasteiger partial charge < -0.3 is 10.1 Å². The van der Waals surface area contributed by atoms with E-state index in [4.69, 9.17) is 4.74 Å². The molecule has 0 heterocycles. The van der Waals surface area contributed by atoms with Crippen molar-refractivity contribution in [3.05, 3.63) is 11.8 Å². The number of ether oxygens (including phenoxy) is 1. The molecule has 4 heteroatoms. The van der Waals surface area contributed by atoms with Gasteiger partial charge in [0.1, 0.15) is 5.60 Å². The maximum absolute atomic E-state index is 11.3. The average molecular weight is 243 g/mol. The molecule has 0 unspecified atom stereocenters. The molecule has 16 heavy (non-hydrogen) atoms. The van der Waals surface area contributed by atoms with Crippen molar-refractivity contribution >= 4 is 14.2 Å². The first-order valence-corrected chi connectivity index (χ1v) is 9.32. The van der Waals surface area contributed by atoms with Gasteiger partial charge in [-0.05, 0) is 27.2 Å². The van der Waals surface area contributed by atoms with Crippen molar-refractivity contribution in [1.82, 2.24) is 5.32 Å². The summed E-state index contributed by atoms with van der Waals surface area (Å²) in [5, 5.41) is 2.73. The SMILES string of the molecule is CC(C)(C)OC(=O)NCC/C=C/[Si](C)(C)C. The molecule has 94 valence electrons. The van der Waals surface area contributed by atoms with Gasteiger partial charge in [-0.25, -0.2) is 4.79 Å². The van der Waals surface area contributed by atoms with Crippen LogP contribution in [0.2, 0.25) is 19.6 Å². The normalized spacial score (nSPS) is 12.9. The molecule has 0 aromatic rings. The summed E-state index contributed by atoms with van der Waals surface area (Å²) in [5.74, 6) is 0. The Balaban J connectivity index is 3.68. The van der Waals surface area contributed by atoms with Crippen LogP contribution in [0.5, 0.6) is 0 Å². The van der Waals surface area contributed by atoms with E-state index < -0.39 is 13.7 Å². The summed E-state index contributed by atoms with van der Waals surface area (Å²) in [5.41, 5.74) is 1.86. The van der Waals surface area contributed by atoms with Gasteiger partial charge in [-0.3, -0.25) is 0 Å². The number of nitrogens with one attached hydrogen (secondary N) is 1. The molecule has 0 aliphatic carbocycles. The third-order valence-electron chi connectivity index (χ3n) is 1.60. The summed E-state index contributed by atoms with van der Waals surface area (Å²) in [6.07, 6.45) is 2.67. The molecule has 1 amide bonds. The fraction of sp³-hybridized carbons (Fsp3) is 0.750. The Bertz CT molecular complexity index is 249. The summed E-state index contributed by atoms with van der Waals surface area (Å²) >= 11 is 0. The summed E-state index contributed by atoms with van der Waals surface area (Å²) in [4.78, 5) is 11.3. The highest BCUT2D eigenvalue weighted by Gasteiger charge is 2.15. The smallest absolute Gasteiger partial charge is 0.407 e. The van der Waals surface area contributed by atoms with E-state index in [2.05, 4.69) is 36.7 Å². The summed E-state index contributed by atoms with van der Waals surface area (Å²) in [6.45, 7) is 13.1. The van der Waals surface area contributed by atoms with E-state index in [9.17, 15) is 4.79 Å². The molecular weight excluding hydrogens is 218 g/mol. The van der Waals surface area contributed by atoms with Gasteiger partial charge in [-0.15, -0.1) is 0 Å². The Hall–Kier alpha value is -0.773. The zero-order valence-electron chi connectivity index (χ0n) is 11.4. The van der Waals surface area contributed by atoms with Gasteiger partial charge in [0.05, 0.1) is 8.07 Å². The Kier molecular flexibility index (Phi) is 5.79. The van der Waals surface area contributed by atoms with Crippen LogP contribution in [0.25, 0.3) is 0 Å². The molecule has 0 radical (unpaired) electrons. The van der Waals surface area contributed by atoms with E-state index in [1.807, 2.05) is 20.8 Å². The molecule has 0 aromatic heterocycles. The monoisotopic (exact) mass is 243 g/mol. The molecule has 1 N–H and O–H groups in total. The molecule has 0 aliphatic rings. The van der Waals surface area contributed by atoms with Gasteiger partial charge >= 0.3 is 6.09 Å². The predicted molar refractivity (Wildman–Crippen MR) is 71.3 cm³/mol. The Morgan fingerprint density at radius 2 is 1.88 bits per heavy atom. The highest BCUT2D eigenvalue weighted by atomic mass is 28.3. The zero-order valence-corrected chi connectivity index (χ0v) is 12.4. The lowest BCUT2D eigenvalue weighted by Crippen LogP contribution is -2.32. The van der Waals surface area contributed by atoms with Crippen LogP contribution < -0.4 is 5.32 Å². The first-order valence-electron chi connectivity index (χ1n) is 5.75. The van der Waals surface area contributed by atoms with Crippen LogP contribution in [-0.4, -0.2) is 26.3 Å². The molecule has 0 rings (SSSR count). The Labute approximate surface area is 100 Å². The molecular formula is C12H25NO2Si. The maximum Gasteiger partial charge on any atom is 0.407 e. The number of carbonyl (C=O) groups excluding carboxylic acids is 1. The van der Waals surface area contributed by atoms with Gasteiger partial charge in [-0.2, -0.15) is 0 Å². The minimum Gasteiger partial charge on any atom is -0.444 e. The molecule has 3 nitrogen and oxygen atoms in total. The van der Waals surface area contributed by atoms with Gasteiger partial charge in [0, 0.05) is 6.54 Å². The number of amides is 1. The second-order valence-corrected chi connectivity index (χ2v) is 11.1. The van der Waals surface area contributed by atoms with Gasteiger partial charge in [0.2, 0.25) is 0 Å². The molecule has 0 atom stereocenters. The van der Waals surface area contributed by atoms with Crippen LogP contribution in [-0.2, 0) is 4.74 Å². The van der Waals surface area contributed by atoms with Crippen molar-refractivity contribution in [2.24, 2.45) is 0 Å². The highest BCUT2D eigenvalue weighted by molar-refractivity contribution is 6.80. The number of rotatable bonds is 4. The molecule has 0 bridgehead atoms. The van der Waals surface area contributed by atoms with Crippen molar-refractivity contribution < 1.29 is 9.53 Å². The summed E-state index contributed by atoms with van der Waals surface area (Å²) in [6, 6.07) is 0. The topological polar surface area (TPSA) is 38.3 Å². The van der Waals surface area contributed by atoms with Gasteiger partial charge in [-0.1, -0.05) is 31.4 Å². The van der Waals surface area contributed by atoms with E-state index in [1.54, 1.807) is 0 Å². The zero-order chi connectivity index (χ0) is 12.8. The average Bonchev–Trinajstić information content (AvgIpc) is 1.97. The third-order valence-corrected chi connectivity index (χ3v) is 2.83. The second kappa shape index (κ2) is 6.08. The number of carbonyl (C=O) groups is 1. The van der Waals surface area contributed by atoms with Crippen LogP contribution in [0.4, 0.5) is 4.79 Å². The van der Waals surface area contributed by atoms with E-state index >= 15 is 0 Å². The van der Waals surface area contributed by atoms with Crippen molar-refractivity contribution in [3.63, 3.8) is 0 Å². The third kappa shape index (κ3) is 11.3. The molecule has 0 saturated heterocycles. The lowest BCUT2D eigenvalue weighted by molar-refractivity contribution is 0.0529. The van der Waals surface area contributed by atoms with Crippen LogP contribution in [0.3, 0.4) is 0 Å². The van der Waals surface area contributed by atoms with Crippen molar-refractivity contribution in [2.75, 3.05) is 6.54 Å². The van der Waals surface area contributed by atoms with Crippen LogP contribution in [0.15, 0.2) is 11.8 Å². The molecule has 0 aliphatic heterocycles.